The number of rotatable bonds is 9. The number of benzene rings is 3. The lowest BCUT2D eigenvalue weighted by Crippen LogP contribution is -2.23. The summed E-state index contributed by atoms with van der Waals surface area (Å²) in [6, 6.07) is 24.1. The van der Waals surface area contributed by atoms with Crippen LogP contribution in [0.4, 0.5) is 11.4 Å². The molecule has 154 valence electrons. The fourth-order valence-corrected chi connectivity index (χ4v) is 2.85. The van der Waals surface area contributed by atoms with E-state index in [0.717, 1.165) is 11.3 Å². The molecule has 0 heterocycles. The zero-order valence-electron chi connectivity index (χ0n) is 16.9. The number of para-hydroxylation sites is 2. The average Bonchev–Trinajstić information content (AvgIpc) is 2.78. The first-order valence-corrected chi connectivity index (χ1v) is 9.83. The van der Waals surface area contributed by atoms with Crippen LogP contribution in [0.2, 0.25) is 0 Å². The summed E-state index contributed by atoms with van der Waals surface area (Å²) in [6.07, 6.45) is 0. The first kappa shape index (κ1) is 20.9. The van der Waals surface area contributed by atoms with Gasteiger partial charge in [-0.05, 0) is 48.9 Å². The molecule has 30 heavy (non-hydrogen) atoms. The largest absolute Gasteiger partial charge is 0.492 e. The van der Waals surface area contributed by atoms with E-state index < -0.39 is 0 Å². The number of carbonyl (C=O) groups is 2. The summed E-state index contributed by atoms with van der Waals surface area (Å²) >= 11 is 0. The third kappa shape index (κ3) is 6.10. The van der Waals surface area contributed by atoms with Crippen LogP contribution in [0.5, 0.6) is 5.75 Å². The lowest BCUT2D eigenvalue weighted by atomic mass is 10.1. The molecule has 0 aromatic heterocycles. The summed E-state index contributed by atoms with van der Waals surface area (Å²) in [5.41, 5.74) is 2.99. The summed E-state index contributed by atoms with van der Waals surface area (Å²) in [5, 5.41) is 8.78. The highest BCUT2D eigenvalue weighted by molar-refractivity contribution is 5.96. The zero-order valence-corrected chi connectivity index (χ0v) is 16.9. The van der Waals surface area contributed by atoms with Crippen LogP contribution in [0, 0.1) is 0 Å². The van der Waals surface area contributed by atoms with Crippen molar-refractivity contribution < 1.29 is 14.3 Å². The van der Waals surface area contributed by atoms with Crippen molar-refractivity contribution in [1.29, 1.82) is 0 Å². The van der Waals surface area contributed by atoms with Gasteiger partial charge in [-0.25, -0.2) is 0 Å². The van der Waals surface area contributed by atoms with E-state index in [4.69, 9.17) is 4.74 Å². The lowest BCUT2D eigenvalue weighted by Gasteiger charge is -2.12. The fourth-order valence-electron chi connectivity index (χ4n) is 2.85. The Morgan fingerprint density at radius 3 is 2.30 bits per heavy atom. The van der Waals surface area contributed by atoms with Crippen molar-refractivity contribution >= 4 is 23.2 Å². The number of anilines is 2. The maximum Gasteiger partial charge on any atom is 0.251 e. The van der Waals surface area contributed by atoms with Crippen molar-refractivity contribution in [2.45, 2.75) is 13.5 Å². The summed E-state index contributed by atoms with van der Waals surface area (Å²) < 4.78 is 5.51. The lowest BCUT2D eigenvalue weighted by molar-refractivity contribution is -0.114. The summed E-state index contributed by atoms with van der Waals surface area (Å²) in [5.74, 6) is 0.307. The monoisotopic (exact) mass is 403 g/mol. The molecule has 0 aliphatic rings. The molecule has 2 amide bonds. The molecule has 0 aliphatic heterocycles. The molecule has 0 aliphatic carbocycles. The van der Waals surface area contributed by atoms with Crippen LogP contribution in [0.1, 0.15) is 22.8 Å². The van der Waals surface area contributed by atoms with Crippen molar-refractivity contribution in [2.75, 3.05) is 23.8 Å². The first-order valence-electron chi connectivity index (χ1n) is 9.83. The van der Waals surface area contributed by atoms with E-state index in [2.05, 4.69) is 16.0 Å². The predicted molar refractivity (Wildman–Crippen MR) is 119 cm³/mol. The Morgan fingerprint density at radius 2 is 1.57 bits per heavy atom. The highest BCUT2D eigenvalue weighted by Crippen LogP contribution is 2.23. The SMILES string of the molecule is CCOc1ccccc1NC(=O)CNc1ccc(C(=O)NCc2ccccc2)cc1. The molecule has 0 atom stereocenters. The number of hydrogen-bond acceptors (Lipinski definition) is 4. The standard InChI is InChI=1S/C24H25N3O3/c1-2-30-22-11-7-6-10-21(22)27-23(28)17-25-20-14-12-19(13-15-20)24(29)26-16-18-8-4-3-5-9-18/h3-15,25H,2,16-17H2,1H3,(H,26,29)(H,27,28). The van der Waals surface area contributed by atoms with Gasteiger partial charge in [0.05, 0.1) is 18.8 Å². The van der Waals surface area contributed by atoms with Crippen LogP contribution in [-0.2, 0) is 11.3 Å². The second kappa shape index (κ2) is 10.7. The number of nitrogens with one attached hydrogen (secondary N) is 3. The maximum atomic E-state index is 12.3. The molecule has 6 nitrogen and oxygen atoms in total. The Morgan fingerprint density at radius 1 is 0.867 bits per heavy atom. The fraction of sp³-hybridized carbons (Fsp3) is 0.167. The van der Waals surface area contributed by atoms with E-state index in [1.54, 1.807) is 30.3 Å². The van der Waals surface area contributed by atoms with Crippen LogP contribution in [-0.4, -0.2) is 25.0 Å². The van der Waals surface area contributed by atoms with Crippen molar-refractivity contribution in [2.24, 2.45) is 0 Å². The molecular formula is C24H25N3O3. The van der Waals surface area contributed by atoms with Crippen LogP contribution < -0.4 is 20.7 Å². The Kier molecular flexibility index (Phi) is 7.44. The van der Waals surface area contributed by atoms with Gasteiger partial charge in [0.15, 0.2) is 0 Å². The molecule has 3 rings (SSSR count). The first-order chi connectivity index (χ1) is 14.7. The quantitative estimate of drug-likeness (QED) is 0.503. The van der Waals surface area contributed by atoms with Gasteiger partial charge in [0, 0.05) is 17.8 Å². The molecular weight excluding hydrogens is 378 g/mol. The van der Waals surface area contributed by atoms with Gasteiger partial charge in [-0.3, -0.25) is 9.59 Å². The van der Waals surface area contributed by atoms with E-state index in [-0.39, 0.29) is 18.4 Å². The minimum absolute atomic E-state index is 0.0972. The minimum atomic E-state index is -0.188. The topological polar surface area (TPSA) is 79.5 Å². The molecule has 0 spiro atoms. The van der Waals surface area contributed by atoms with Crippen LogP contribution in [0.15, 0.2) is 78.9 Å². The predicted octanol–water partition coefficient (Wildman–Crippen LogP) is 4.07. The Hall–Kier alpha value is -3.80. The molecule has 0 saturated carbocycles. The smallest absolute Gasteiger partial charge is 0.251 e. The van der Waals surface area contributed by atoms with Gasteiger partial charge in [-0.1, -0.05) is 42.5 Å². The summed E-state index contributed by atoms with van der Waals surface area (Å²) in [6.45, 7) is 2.99. The molecule has 0 saturated heterocycles. The van der Waals surface area contributed by atoms with Crippen molar-refractivity contribution in [3.63, 3.8) is 0 Å². The van der Waals surface area contributed by atoms with Crippen molar-refractivity contribution in [1.82, 2.24) is 5.32 Å². The molecule has 3 N–H and O–H groups in total. The number of carbonyl (C=O) groups excluding carboxylic acids is 2. The normalized spacial score (nSPS) is 10.2. The van der Waals surface area contributed by atoms with E-state index in [1.165, 1.54) is 0 Å². The Bertz CT molecular complexity index is 973. The molecule has 0 fully saturated rings. The van der Waals surface area contributed by atoms with Gasteiger partial charge in [0.2, 0.25) is 5.91 Å². The van der Waals surface area contributed by atoms with Crippen molar-refractivity contribution in [3.05, 3.63) is 90.0 Å². The van der Waals surface area contributed by atoms with Gasteiger partial charge in [-0.15, -0.1) is 0 Å². The number of ether oxygens (including phenoxy) is 1. The van der Waals surface area contributed by atoms with E-state index in [9.17, 15) is 9.59 Å². The third-order valence-electron chi connectivity index (χ3n) is 4.36. The summed E-state index contributed by atoms with van der Waals surface area (Å²) in [7, 11) is 0. The molecule has 6 heteroatoms. The molecule has 3 aromatic rings. The van der Waals surface area contributed by atoms with E-state index in [1.807, 2.05) is 55.5 Å². The second-order valence-electron chi connectivity index (χ2n) is 6.58. The highest BCUT2D eigenvalue weighted by atomic mass is 16.5. The average molecular weight is 403 g/mol. The molecule has 3 aromatic carbocycles. The van der Waals surface area contributed by atoms with Crippen LogP contribution in [0.25, 0.3) is 0 Å². The zero-order chi connectivity index (χ0) is 21.2. The van der Waals surface area contributed by atoms with Crippen molar-refractivity contribution in [3.8, 4) is 5.75 Å². The number of amides is 2. The number of hydrogen-bond donors (Lipinski definition) is 3. The molecule has 0 unspecified atom stereocenters. The summed E-state index contributed by atoms with van der Waals surface area (Å²) in [4.78, 5) is 24.5. The Labute approximate surface area is 176 Å². The van der Waals surface area contributed by atoms with Gasteiger partial charge in [0.1, 0.15) is 5.75 Å². The Balaban J connectivity index is 1.48. The van der Waals surface area contributed by atoms with Gasteiger partial charge >= 0.3 is 0 Å². The third-order valence-corrected chi connectivity index (χ3v) is 4.36. The van der Waals surface area contributed by atoms with E-state index in [0.29, 0.717) is 30.2 Å². The van der Waals surface area contributed by atoms with Gasteiger partial charge in [0.25, 0.3) is 5.91 Å². The van der Waals surface area contributed by atoms with Gasteiger partial charge in [-0.2, -0.15) is 0 Å². The second-order valence-corrected chi connectivity index (χ2v) is 6.58. The van der Waals surface area contributed by atoms with Gasteiger partial charge < -0.3 is 20.7 Å². The molecule has 0 radical (unpaired) electrons. The molecule has 0 bridgehead atoms. The van der Waals surface area contributed by atoms with E-state index >= 15 is 0 Å². The minimum Gasteiger partial charge on any atom is -0.492 e. The van der Waals surface area contributed by atoms with Crippen LogP contribution in [0.3, 0.4) is 0 Å². The van der Waals surface area contributed by atoms with Crippen LogP contribution >= 0.6 is 0 Å². The maximum absolute atomic E-state index is 12.3. The highest BCUT2D eigenvalue weighted by Gasteiger charge is 2.08.